The largest absolute Gasteiger partial charge is 0.378 e. The standard InChI is InChI=1S/C22H18N6S/c1-14-6-5-9-18(24-14)22-21(15-10-11-17-19(12-15)28-29-27-17)25-20(26-22)13-23-16-7-3-2-4-8-16/h2-12,23H,13H2,1H3,(H,25,26). The maximum Gasteiger partial charge on any atom is 0.126 e. The van der Waals surface area contributed by atoms with E-state index in [0.717, 1.165) is 50.9 Å². The van der Waals surface area contributed by atoms with E-state index in [-0.39, 0.29) is 0 Å². The monoisotopic (exact) mass is 398 g/mol. The highest BCUT2D eigenvalue weighted by Gasteiger charge is 2.16. The zero-order valence-electron chi connectivity index (χ0n) is 15.8. The molecule has 0 atom stereocenters. The molecule has 0 bridgehead atoms. The Bertz CT molecular complexity index is 1270. The maximum absolute atomic E-state index is 4.89. The first-order chi connectivity index (χ1) is 14.3. The van der Waals surface area contributed by atoms with Crippen LogP contribution in [0.5, 0.6) is 0 Å². The summed E-state index contributed by atoms with van der Waals surface area (Å²) < 4.78 is 8.66. The van der Waals surface area contributed by atoms with Gasteiger partial charge in [0.1, 0.15) is 16.9 Å². The summed E-state index contributed by atoms with van der Waals surface area (Å²) in [5.41, 5.74) is 7.42. The molecule has 7 heteroatoms. The van der Waals surface area contributed by atoms with Gasteiger partial charge in [0.15, 0.2) is 0 Å². The minimum absolute atomic E-state index is 0.587. The van der Waals surface area contributed by atoms with Gasteiger partial charge in [-0.25, -0.2) is 4.98 Å². The van der Waals surface area contributed by atoms with Crippen LogP contribution in [0.4, 0.5) is 5.69 Å². The molecule has 3 heterocycles. The molecule has 142 valence electrons. The Morgan fingerprint density at radius 2 is 1.76 bits per heavy atom. The van der Waals surface area contributed by atoms with Crippen molar-refractivity contribution in [3.05, 3.63) is 78.2 Å². The molecule has 0 radical (unpaired) electrons. The first-order valence-corrected chi connectivity index (χ1v) is 10.0. The number of pyridine rings is 1. The van der Waals surface area contributed by atoms with E-state index in [1.807, 2.05) is 73.7 Å². The van der Waals surface area contributed by atoms with Gasteiger partial charge in [0.05, 0.1) is 35.4 Å². The highest BCUT2D eigenvalue weighted by atomic mass is 32.1. The summed E-state index contributed by atoms with van der Waals surface area (Å²) in [6.45, 7) is 2.58. The Morgan fingerprint density at radius 3 is 2.62 bits per heavy atom. The fraction of sp³-hybridized carbons (Fsp3) is 0.0909. The van der Waals surface area contributed by atoms with Gasteiger partial charge in [0.2, 0.25) is 0 Å². The maximum atomic E-state index is 4.89. The SMILES string of the molecule is Cc1cccc(-c2[nH]c(CNc3ccccc3)nc2-c2ccc3nsnc3c2)n1. The Kier molecular flexibility index (Phi) is 4.50. The second-order valence-electron chi connectivity index (χ2n) is 6.76. The lowest BCUT2D eigenvalue weighted by Crippen LogP contribution is -2.00. The number of aryl methyl sites for hydroxylation is 1. The number of H-pyrrole nitrogens is 1. The van der Waals surface area contributed by atoms with E-state index in [2.05, 4.69) is 19.0 Å². The number of fused-ring (bicyclic) bond motifs is 1. The summed E-state index contributed by atoms with van der Waals surface area (Å²) in [5.74, 6) is 0.846. The van der Waals surface area contributed by atoms with Crippen molar-refractivity contribution in [2.24, 2.45) is 0 Å². The Morgan fingerprint density at radius 1 is 0.897 bits per heavy atom. The number of nitrogens with zero attached hydrogens (tertiary/aromatic N) is 4. The zero-order chi connectivity index (χ0) is 19.6. The van der Waals surface area contributed by atoms with Gasteiger partial charge in [0, 0.05) is 16.9 Å². The zero-order valence-corrected chi connectivity index (χ0v) is 16.6. The van der Waals surface area contributed by atoms with Gasteiger partial charge >= 0.3 is 0 Å². The van der Waals surface area contributed by atoms with E-state index < -0.39 is 0 Å². The third-order valence-corrected chi connectivity index (χ3v) is 5.21. The number of aromatic nitrogens is 5. The smallest absolute Gasteiger partial charge is 0.126 e. The van der Waals surface area contributed by atoms with Crippen LogP contribution in [0.15, 0.2) is 66.7 Å². The summed E-state index contributed by atoms with van der Waals surface area (Å²) in [6.07, 6.45) is 0. The molecule has 0 fully saturated rings. The minimum Gasteiger partial charge on any atom is -0.378 e. The van der Waals surface area contributed by atoms with E-state index in [9.17, 15) is 0 Å². The van der Waals surface area contributed by atoms with Crippen LogP contribution in [0.3, 0.4) is 0 Å². The fourth-order valence-corrected chi connectivity index (χ4v) is 3.77. The van der Waals surface area contributed by atoms with Crippen LogP contribution in [0.2, 0.25) is 0 Å². The van der Waals surface area contributed by atoms with Crippen molar-refractivity contribution >= 4 is 28.4 Å². The molecule has 0 aliphatic carbocycles. The van der Waals surface area contributed by atoms with Crippen molar-refractivity contribution in [2.45, 2.75) is 13.5 Å². The van der Waals surface area contributed by atoms with Gasteiger partial charge in [-0.05, 0) is 43.3 Å². The van der Waals surface area contributed by atoms with Gasteiger partial charge in [-0.1, -0.05) is 30.3 Å². The van der Waals surface area contributed by atoms with Crippen molar-refractivity contribution in [3.8, 4) is 22.6 Å². The van der Waals surface area contributed by atoms with Crippen molar-refractivity contribution in [1.29, 1.82) is 0 Å². The molecule has 0 unspecified atom stereocenters. The molecule has 0 aliphatic rings. The van der Waals surface area contributed by atoms with Crippen molar-refractivity contribution < 1.29 is 0 Å². The molecule has 3 aromatic heterocycles. The molecule has 5 aromatic rings. The van der Waals surface area contributed by atoms with Gasteiger partial charge < -0.3 is 10.3 Å². The molecular weight excluding hydrogens is 380 g/mol. The average molecular weight is 398 g/mol. The lowest BCUT2D eigenvalue weighted by molar-refractivity contribution is 1.00. The first kappa shape index (κ1) is 17.5. The van der Waals surface area contributed by atoms with Crippen LogP contribution in [-0.2, 0) is 6.54 Å². The molecule has 6 nitrogen and oxygen atoms in total. The Hall–Kier alpha value is -3.58. The van der Waals surface area contributed by atoms with Crippen LogP contribution in [-0.4, -0.2) is 23.7 Å². The van der Waals surface area contributed by atoms with Gasteiger partial charge in [-0.15, -0.1) is 0 Å². The summed E-state index contributed by atoms with van der Waals surface area (Å²) in [4.78, 5) is 13.1. The molecule has 0 spiro atoms. The van der Waals surface area contributed by atoms with Gasteiger partial charge in [0.25, 0.3) is 0 Å². The van der Waals surface area contributed by atoms with Crippen LogP contribution in [0.25, 0.3) is 33.7 Å². The van der Waals surface area contributed by atoms with E-state index in [0.29, 0.717) is 6.54 Å². The number of benzene rings is 2. The quantitative estimate of drug-likeness (QED) is 0.432. The molecule has 0 aliphatic heterocycles. The minimum atomic E-state index is 0.587. The molecule has 0 saturated carbocycles. The number of rotatable bonds is 5. The predicted molar refractivity (Wildman–Crippen MR) is 117 cm³/mol. The number of hydrogen-bond acceptors (Lipinski definition) is 6. The molecular formula is C22H18N6S. The van der Waals surface area contributed by atoms with Crippen LogP contribution < -0.4 is 5.32 Å². The third kappa shape index (κ3) is 3.60. The van der Waals surface area contributed by atoms with E-state index in [1.54, 1.807) is 0 Å². The second-order valence-corrected chi connectivity index (χ2v) is 7.29. The van der Waals surface area contributed by atoms with E-state index >= 15 is 0 Å². The number of imidazole rings is 1. The average Bonchev–Trinajstić information content (AvgIpc) is 3.39. The number of aromatic amines is 1. The molecule has 2 N–H and O–H groups in total. The Balaban J connectivity index is 1.56. The second kappa shape index (κ2) is 7.44. The number of para-hydroxylation sites is 1. The predicted octanol–water partition coefficient (Wildman–Crippen LogP) is 5.06. The lowest BCUT2D eigenvalue weighted by atomic mass is 10.1. The van der Waals surface area contributed by atoms with Crippen molar-refractivity contribution in [2.75, 3.05) is 5.32 Å². The highest BCUT2D eigenvalue weighted by molar-refractivity contribution is 7.00. The van der Waals surface area contributed by atoms with Crippen molar-refractivity contribution in [3.63, 3.8) is 0 Å². The molecule has 0 amide bonds. The lowest BCUT2D eigenvalue weighted by Gasteiger charge is -2.03. The summed E-state index contributed by atoms with van der Waals surface area (Å²) in [6, 6.07) is 22.1. The summed E-state index contributed by atoms with van der Waals surface area (Å²) in [5, 5.41) is 3.41. The summed E-state index contributed by atoms with van der Waals surface area (Å²) >= 11 is 1.22. The van der Waals surface area contributed by atoms with E-state index in [1.165, 1.54) is 11.7 Å². The fourth-order valence-electron chi connectivity index (χ4n) is 3.25. The third-order valence-electron chi connectivity index (χ3n) is 4.66. The van der Waals surface area contributed by atoms with Crippen LogP contribution in [0, 0.1) is 6.92 Å². The number of hydrogen-bond donors (Lipinski definition) is 2. The van der Waals surface area contributed by atoms with Crippen molar-refractivity contribution in [1.82, 2.24) is 23.7 Å². The normalized spacial score (nSPS) is 11.1. The van der Waals surface area contributed by atoms with Gasteiger partial charge in [-0.2, -0.15) is 8.75 Å². The first-order valence-electron chi connectivity index (χ1n) is 9.31. The van der Waals surface area contributed by atoms with Crippen LogP contribution in [0.1, 0.15) is 11.5 Å². The topological polar surface area (TPSA) is 79.4 Å². The molecule has 29 heavy (non-hydrogen) atoms. The van der Waals surface area contributed by atoms with Gasteiger partial charge in [-0.3, -0.25) is 4.98 Å². The number of anilines is 1. The molecule has 5 rings (SSSR count). The molecule has 0 saturated heterocycles. The Labute approximate surface area is 172 Å². The highest BCUT2D eigenvalue weighted by Crippen LogP contribution is 2.31. The molecule has 2 aromatic carbocycles. The van der Waals surface area contributed by atoms with Crippen LogP contribution >= 0.6 is 11.7 Å². The summed E-state index contributed by atoms with van der Waals surface area (Å²) in [7, 11) is 0. The van der Waals surface area contributed by atoms with E-state index in [4.69, 9.17) is 9.97 Å². The number of nitrogens with one attached hydrogen (secondary N) is 2.